The van der Waals surface area contributed by atoms with E-state index >= 15 is 0 Å². The van der Waals surface area contributed by atoms with Gasteiger partial charge in [-0.2, -0.15) is 0 Å². The average Bonchev–Trinajstić information content (AvgIpc) is 2.79. The second-order valence-electron chi connectivity index (χ2n) is 4.06. The van der Waals surface area contributed by atoms with Crippen LogP contribution in [-0.4, -0.2) is 9.55 Å². The SMILES string of the molecule is CCn1ccnc1CNc1cc(Cl)c(C)cc1Br. The van der Waals surface area contributed by atoms with Crippen molar-refractivity contribution in [1.82, 2.24) is 9.55 Å². The molecule has 1 aromatic heterocycles. The molecule has 1 aromatic carbocycles. The van der Waals surface area contributed by atoms with Gasteiger partial charge in [0.05, 0.1) is 12.2 Å². The van der Waals surface area contributed by atoms with Gasteiger partial charge in [0, 0.05) is 28.4 Å². The van der Waals surface area contributed by atoms with Gasteiger partial charge in [0.25, 0.3) is 0 Å². The van der Waals surface area contributed by atoms with E-state index in [0.29, 0.717) is 6.54 Å². The number of aryl methyl sites for hydroxylation is 2. The number of nitrogens with zero attached hydrogens (tertiary/aromatic N) is 2. The fourth-order valence-electron chi connectivity index (χ4n) is 1.75. The molecule has 0 spiro atoms. The van der Waals surface area contributed by atoms with Crippen molar-refractivity contribution in [3.8, 4) is 0 Å². The summed E-state index contributed by atoms with van der Waals surface area (Å²) < 4.78 is 3.12. The van der Waals surface area contributed by atoms with Gasteiger partial charge in [0.1, 0.15) is 5.82 Å². The molecule has 0 fully saturated rings. The summed E-state index contributed by atoms with van der Waals surface area (Å²) in [6, 6.07) is 3.94. The minimum absolute atomic E-state index is 0.679. The van der Waals surface area contributed by atoms with Crippen LogP contribution in [0.25, 0.3) is 0 Å². The Labute approximate surface area is 120 Å². The van der Waals surface area contributed by atoms with E-state index in [0.717, 1.165) is 33.1 Å². The fraction of sp³-hybridized carbons (Fsp3) is 0.308. The number of rotatable bonds is 4. The highest BCUT2D eigenvalue weighted by molar-refractivity contribution is 9.10. The first kappa shape index (κ1) is 13.4. The fourth-order valence-corrected chi connectivity index (χ4v) is 2.51. The van der Waals surface area contributed by atoms with Crippen LogP contribution in [0.3, 0.4) is 0 Å². The first-order chi connectivity index (χ1) is 8.61. The normalized spacial score (nSPS) is 10.7. The Hall–Kier alpha value is -1.000. The van der Waals surface area contributed by atoms with Crippen LogP contribution in [0.4, 0.5) is 5.69 Å². The Bertz CT molecular complexity index is 551. The molecule has 0 saturated carbocycles. The maximum atomic E-state index is 6.12. The Morgan fingerprint density at radius 2 is 2.22 bits per heavy atom. The molecule has 1 heterocycles. The van der Waals surface area contributed by atoms with Crippen molar-refractivity contribution < 1.29 is 0 Å². The molecule has 0 aliphatic carbocycles. The lowest BCUT2D eigenvalue weighted by Crippen LogP contribution is -2.07. The van der Waals surface area contributed by atoms with E-state index in [2.05, 4.69) is 37.7 Å². The summed E-state index contributed by atoms with van der Waals surface area (Å²) in [7, 11) is 0. The number of aromatic nitrogens is 2. The van der Waals surface area contributed by atoms with Crippen LogP contribution in [-0.2, 0) is 13.1 Å². The first-order valence-electron chi connectivity index (χ1n) is 5.81. The summed E-state index contributed by atoms with van der Waals surface area (Å²) in [5.41, 5.74) is 2.04. The quantitative estimate of drug-likeness (QED) is 0.910. The highest BCUT2D eigenvalue weighted by Crippen LogP contribution is 2.29. The van der Waals surface area contributed by atoms with E-state index in [1.54, 1.807) is 0 Å². The highest BCUT2D eigenvalue weighted by Gasteiger charge is 2.06. The van der Waals surface area contributed by atoms with Gasteiger partial charge in [-0.15, -0.1) is 0 Å². The number of hydrogen-bond acceptors (Lipinski definition) is 2. The van der Waals surface area contributed by atoms with Crippen LogP contribution in [0.2, 0.25) is 5.02 Å². The van der Waals surface area contributed by atoms with Gasteiger partial charge in [-0.3, -0.25) is 0 Å². The summed E-state index contributed by atoms with van der Waals surface area (Å²) in [6.45, 7) is 5.69. The van der Waals surface area contributed by atoms with Crippen molar-refractivity contribution in [3.63, 3.8) is 0 Å². The number of hydrogen-bond donors (Lipinski definition) is 1. The lowest BCUT2D eigenvalue weighted by atomic mass is 10.2. The summed E-state index contributed by atoms with van der Waals surface area (Å²) in [5, 5.41) is 4.11. The van der Waals surface area contributed by atoms with Gasteiger partial charge in [0.15, 0.2) is 0 Å². The molecule has 0 amide bonds. The van der Waals surface area contributed by atoms with Crippen LogP contribution >= 0.6 is 27.5 Å². The molecule has 0 aliphatic heterocycles. The topological polar surface area (TPSA) is 29.9 Å². The Kier molecular flexibility index (Phi) is 4.30. The highest BCUT2D eigenvalue weighted by atomic mass is 79.9. The van der Waals surface area contributed by atoms with E-state index in [4.69, 9.17) is 11.6 Å². The monoisotopic (exact) mass is 327 g/mol. The van der Waals surface area contributed by atoms with Gasteiger partial charge in [-0.25, -0.2) is 4.98 Å². The molecule has 18 heavy (non-hydrogen) atoms. The summed E-state index contributed by atoms with van der Waals surface area (Å²) in [6.07, 6.45) is 3.80. The molecular weight excluding hydrogens is 314 g/mol. The van der Waals surface area contributed by atoms with Crippen LogP contribution in [0.5, 0.6) is 0 Å². The largest absolute Gasteiger partial charge is 0.377 e. The zero-order chi connectivity index (χ0) is 13.1. The van der Waals surface area contributed by atoms with Crippen molar-refractivity contribution in [2.24, 2.45) is 0 Å². The molecule has 0 radical (unpaired) electrons. The molecule has 5 heteroatoms. The Morgan fingerprint density at radius 3 is 2.94 bits per heavy atom. The predicted molar refractivity (Wildman–Crippen MR) is 79.1 cm³/mol. The van der Waals surface area contributed by atoms with Gasteiger partial charge >= 0.3 is 0 Å². The van der Waals surface area contributed by atoms with Crippen molar-refractivity contribution in [2.45, 2.75) is 26.9 Å². The Balaban J connectivity index is 2.13. The zero-order valence-electron chi connectivity index (χ0n) is 10.4. The standard InChI is InChI=1S/C13H15BrClN3/c1-3-18-5-4-16-13(18)8-17-12-7-11(15)9(2)6-10(12)14/h4-7,17H,3,8H2,1-2H3. The lowest BCUT2D eigenvalue weighted by molar-refractivity contribution is 0.708. The average molecular weight is 329 g/mol. The van der Waals surface area contributed by atoms with Crippen molar-refractivity contribution in [3.05, 3.63) is 45.4 Å². The third-order valence-electron chi connectivity index (χ3n) is 2.83. The van der Waals surface area contributed by atoms with E-state index in [1.165, 1.54) is 0 Å². The second-order valence-corrected chi connectivity index (χ2v) is 5.33. The van der Waals surface area contributed by atoms with Crippen LogP contribution < -0.4 is 5.32 Å². The minimum Gasteiger partial charge on any atom is -0.377 e. The van der Waals surface area contributed by atoms with Crippen molar-refractivity contribution in [2.75, 3.05) is 5.32 Å². The number of anilines is 1. The van der Waals surface area contributed by atoms with Gasteiger partial charge in [0.2, 0.25) is 0 Å². The first-order valence-corrected chi connectivity index (χ1v) is 6.98. The van der Waals surface area contributed by atoms with Crippen molar-refractivity contribution >= 4 is 33.2 Å². The van der Waals surface area contributed by atoms with Crippen LogP contribution in [0.15, 0.2) is 29.0 Å². The van der Waals surface area contributed by atoms with Crippen LogP contribution in [0.1, 0.15) is 18.3 Å². The van der Waals surface area contributed by atoms with Gasteiger partial charge < -0.3 is 9.88 Å². The summed E-state index contributed by atoms with van der Waals surface area (Å²) in [5.74, 6) is 1.01. The van der Waals surface area contributed by atoms with Crippen LogP contribution in [0, 0.1) is 6.92 Å². The molecule has 0 atom stereocenters. The lowest BCUT2D eigenvalue weighted by Gasteiger charge is -2.11. The molecule has 0 aliphatic rings. The number of benzene rings is 1. The number of halogens is 2. The van der Waals surface area contributed by atoms with E-state index < -0.39 is 0 Å². The van der Waals surface area contributed by atoms with E-state index in [1.807, 2.05) is 31.5 Å². The number of nitrogens with one attached hydrogen (secondary N) is 1. The molecule has 0 saturated heterocycles. The molecule has 0 bridgehead atoms. The molecular formula is C13H15BrClN3. The Morgan fingerprint density at radius 1 is 1.44 bits per heavy atom. The molecule has 0 unspecified atom stereocenters. The third-order valence-corrected chi connectivity index (χ3v) is 3.89. The maximum Gasteiger partial charge on any atom is 0.128 e. The summed E-state index contributed by atoms with van der Waals surface area (Å²) in [4.78, 5) is 4.32. The van der Waals surface area contributed by atoms with Gasteiger partial charge in [-0.05, 0) is 47.5 Å². The number of imidazole rings is 1. The van der Waals surface area contributed by atoms with Gasteiger partial charge in [-0.1, -0.05) is 11.6 Å². The molecule has 96 valence electrons. The van der Waals surface area contributed by atoms with E-state index in [-0.39, 0.29) is 0 Å². The summed E-state index contributed by atoms with van der Waals surface area (Å²) >= 11 is 9.66. The maximum absolute atomic E-state index is 6.12. The molecule has 2 rings (SSSR count). The van der Waals surface area contributed by atoms with E-state index in [9.17, 15) is 0 Å². The third kappa shape index (κ3) is 2.87. The smallest absolute Gasteiger partial charge is 0.128 e. The zero-order valence-corrected chi connectivity index (χ0v) is 12.7. The second kappa shape index (κ2) is 5.76. The van der Waals surface area contributed by atoms with Crippen molar-refractivity contribution in [1.29, 1.82) is 0 Å². The molecule has 2 aromatic rings. The predicted octanol–water partition coefficient (Wildman–Crippen LogP) is 4.24. The molecule has 3 nitrogen and oxygen atoms in total. The minimum atomic E-state index is 0.679. The molecule has 1 N–H and O–H groups in total.